The maximum atomic E-state index is 12.4. The molecule has 80 valence electrons. The molecule has 3 heteroatoms. The van der Waals surface area contributed by atoms with Gasteiger partial charge >= 0.3 is 0 Å². The molecular formula is C12H14BrNO. The van der Waals surface area contributed by atoms with Gasteiger partial charge in [-0.05, 0) is 47.3 Å². The van der Waals surface area contributed by atoms with Crippen LogP contribution in [0.5, 0.6) is 0 Å². The van der Waals surface area contributed by atoms with E-state index in [9.17, 15) is 4.79 Å². The van der Waals surface area contributed by atoms with Crippen LogP contribution in [0, 0.1) is 0 Å². The molecule has 0 spiro atoms. The average Bonchev–Trinajstić information content (AvgIpc) is 2.44. The van der Waals surface area contributed by atoms with Crippen molar-refractivity contribution in [3.8, 4) is 0 Å². The highest BCUT2D eigenvalue weighted by molar-refractivity contribution is 9.10. The molecule has 0 saturated carbocycles. The zero-order valence-corrected chi connectivity index (χ0v) is 9.85. The minimum Gasteiger partial charge on any atom is -0.339 e. The van der Waals surface area contributed by atoms with Crippen LogP contribution in [-0.4, -0.2) is 23.9 Å². The standard InChI is InChI=1S/C12H14BrNO/c13-11-7-3-2-6-10(11)12(15)14-8-4-1-5-9-14/h2-3,6-7H,1,4-5,8-9H2/i2D,3D,6D,7D. The molecule has 0 aromatic heterocycles. The maximum absolute atomic E-state index is 12.4. The molecule has 1 amide bonds. The van der Waals surface area contributed by atoms with Crippen molar-refractivity contribution in [3.05, 3.63) is 34.2 Å². The van der Waals surface area contributed by atoms with Gasteiger partial charge in [0.05, 0.1) is 11.0 Å². The predicted molar refractivity (Wildman–Crippen MR) is 63.9 cm³/mol. The molecule has 0 atom stereocenters. The largest absolute Gasteiger partial charge is 0.339 e. The van der Waals surface area contributed by atoms with Crippen LogP contribution in [-0.2, 0) is 0 Å². The summed E-state index contributed by atoms with van der Waals surface area (Å²) in [5.74, 6) is -0.321. The fraction of sp³-hybridized carbons (Fsp3) is 0.417. The number of carbonyl (C=O) groups excluding carboxylic acids is 1. The van der Waals surface area contributed by atoms with E-state index in [2.05, 4.69) is 15.9 Å². The molecule has 0 unspecified atom stereocenters. The lowest BCUT2D eigenvalue weighted by molar-refractivity contribution is 0.0723. The van der Waals surface area contributed by atoms with Gasteiger partial charge in [0, 0.05) is 17.6 Å². The molecule has 0 bridgehead atoms. The van der Waals surface area contributed by atoms with Crippen molar-refractivity contribution < 1.29 is 10.3 Å². The van der Waals surface area contributed by atoms with Gasteiger partial charge in [0.2, 0.25) is 0 Å². The minimum atomic E-state index is -0.367. The van der Waals surface area contributed by atoms with Gasteiger partial charge in [0.15, 0.2) is 0 Å². The Morgan fingerprint density at radius 3 is 2.67 bits per heavy atom. The molecular weight excluding hydrogens is 254 g/mol. The second-order valence-corrected chi connectivity index (χ2v) is 4.33. The summed E-state index contributed by atoms with van der Waals surface area (Å²) in [4.78, 5) is 14.1. The molecule has 1 aliphatic rings. The Bertz CT molecular complexity index is 500. The Kier molecular flexibility index (Phi) is 2.14. The van der Waals surface area contributed by atoms with Gasteiger partial charge in [-0.2, -0.15) is 0 Å². The third-order valence-electron chi connectivity index (χ3n) is 2.50. The molecule has 0 N–H and O–H groups in total. The first kappa shape index (κ1) is 6.69. The fourth-order valence-electron chi connectivity index (χ4n) is 1.70. The highest BCUT2D eigenvalue weighted by atomic mass is 79.9. The summed E-state index contributed by atoms with van der Waals surface area (Å²) < 4.78 is 30.9. The fourth-order valence-corrected chi connectivity index (χ4v) is 2.07. The van der Waals surface area contributed by atoms with Crippen LogP contribution in [0.25, 0.3) is 0 Å². The molecule has 1 aromatic carbocycles. The summed E-state index contributed by atoms with van der Waals surface area (Å²) >= 11 is 3.12. The molecule has 1 fully saturated rings. The summed E-state index contributed by atoms with van der Waals surface area (Å²) in [5.41, 5.74) is 0.0351. The number of hydrogen-bond acceptors (Lipinski definition) is 1. The van der Waals surface area contributed by atoms with Crippen molar-refractivity contribution in [1.82, 2.24) is 4.90 Å². The van der Waals surface area contributed by atoms with Crippen molar-refractivity contribution in [1.29, 1.82) is 0 Å². The van der Waals surface area contributed by atoms with Crippen LogP contribution in [0.3, 0.4) is 0 Å². The molecule has 0 aliphatic carbocycles. The number of nitrogens with zero attached hydrogens (tertiary/aromatic N) is 1. The molecule has 1 heterocycles. The lowest BCUT2D eigenvalue weighted by Gasteiger charge is -2.27. The average molecular weight is 272 g/mol. The zero-order valence-electron chi connectivity index (χ0n) is 12.3. The Balaban J connectivity index is 2.47. The Morgan fingerprint density at radius 1 is 1.27 bits per heavy atom. The number of halogens is 1. The second kappa shape index (κ2) is 4.79. The number of benzene rings is 1. The van der Waals surface area contributed by atoms with Crippen LogP contribution >= 0.6 is 15.9 Å². The quantitative estimate of drug-likeness (QED) is 0.769. The number of hydrogen-bond donors (Lipinski definition) is 0. The summed E-state index contributed by atoms with van der Waals surface area (Å²) in [6, 6.07) is -1.18. The van der Waals surface area contributed by atoms with Gasteiger partial charge in [0.25, 0.3) is 5.91 Å². The van der Waals surface area contributed by atoms with E-state index >= 15 is 0 Å². The smallest absolute Gasteiger partial charge is 0.254 e. The van der Waals surface area contributed by atoms with Crippen molar-refractivity contribution in [3.63, 3.8) is 0 Å². The molecule has 1 saturated heterocycles. The summed E-state index contributed by atoms with van der Waals surface area (Å²) in [7, 11) is 0. The molecule has 2 rings (SSSR count). The van der Waals surface area contributed by atoms with Crippen LogP contribution < -0.4 is 0 Å². The second-order valence-electron chi connectivity index (χ2n) is 3.54. The van der Waals surface area contributed by atoms with Crippen molar-refractivity contribution in [2.24, 2.45) is 0 Å². The van der Waals surface area contributed by atoms with E-state index in [1.807, 2.05) is 0 Å². The lowest BCUT2D eigenvalue weighted by Crippen LogP contribution is -2.35. The predicted octanol–water partition coefficient (Wildman–Crippen LogP) is 3.08. The van der Waals surface area contributed by atoms with E-state index in [4.69, 9.17) is 5.48 Å². The van der Waals surface area contributed by atoms with Crippen molar-refractivity contribution in [2.45, 2.75) is 19.3 Å². The van der Waals surface area contributed by atoms with E-state index in [1.54, 1.807) is 4.90 Å². The van der Waals surface area contributed by atoms with E-state index in [0.717, 1.165) is 19.3 Å². The summed E-state index contributed by atoms with van der Waals surface area (Å²) in [5, 5.41) is 0. The number of piperidine rings is 1. The number of amides is 1. The van der Waals surface area contributed by atoms with E-state index in [0.29, 0.717) is 13.1 Å². The summed E-state index contributed by atoms with van der Waals surface area (Å²) in [6.07, 6.45) is 2.97. The Hall–Kier alpha value is -0.830. The molecule has 15 heavy (non-hydrogen) atoms. The normalized spacial score (nSPS) is 20.2. The van der Waals surface area contributed by atoms with E-state index < -0.39 is 0 Å². The third kappa shape index (κ3) is 2.40. The SMILES string of the molecule is [2H]c1c([2H])c([2H])c(C(=O)N2CCCCC2)c(Br)c1[2H]. The molecule has 0 radical (unpaired) electrons. The number of rotatable bonds is 1. The van der Waals surface area contributed by atoms with Gasteiger partial charge in [-0.25, -0.2) is 0 Å². The lowest BCUT2D eigenvalue weighted by atomic mass is 10.1. The maximum Gasteiger partial charge on any atom is 0.254 e. The number of likely N-dealkylation sites (tertiary alicyclic amines) is 1. The first-order valence-electron chi connectivity index (χ1n) is 7.00. The van der Waals surface area contributed by atoms with Gasteiger partial charge in [-0.3, -0.25) is 4.79 Å². The first-order chi connectivity index (χ1) is 8.95. The van der Waals surface area contributed by atoms with Gasteiger partial charge in [0.1, 0.15) is 0 Å². The van der Waals surface area contributed by atoms with Crippen LogP contribution in [0.1, 0.15) is 35.1 Å². The van der Waals surface area contributed by atoms with Gasteiger partial charge in [-0.15, -0.1) is 0 Å². The highest BCUT2D eigenvalue weighted by Gasteiger charge is 2.19. The Labute approximate surface area is 104 Å². The van der Waals surface area contributed by atoms with Gasteiger partial charge in [-0.1, -0.05) is 12.1 Å². The number of carbonyl (C=O) groups is 1. The van der Waals surface area contributed by atoms with Crippen LogP contribution in [0.15, 0.2) is 28.6 Å². The topological polar surface area (TPSA) is 20.3 Å². The van der Waals surface area contributed by atoms with Crippen LogP contribution in [0.2, 0.25) is 0 Å². The molecule has 1 aliphatic heterocycles. The van der Waals surface area contributed by atoms with Crippen molar-refractivity contribution >= 4 is 21.8 Å². The van der Waals surface area contributed by atoms with Gasteiger partial charge < -0.3 is 4.90 Å². The molecule has 1 aromatic rings. The third-order valence-corrected chi connectivity index (χ3v) is 3.09. The van der Waals surface area contributed by atoms with E-state index in [-0.39, 0.29) is 40.1 Å². The van der Waals surface area contributed by atoms with Crippen LogP contribution in [0.4, 0.5) is 0 Å². The van der Waals surface area contributed by atoms with E-state index in [1.165, 1.54) is 0 Å². The monoisotopic (exact) mass is 271 g/mol. The summed E-state index contributed by atoms with van der Waals surface area (Å²) in [6.45, 7) is 1.29. The highest BCUT2D eigenvalue weighted by Crippen LogP contribution is 2.19. The molecule has 2 nitrogen and oxygen atoms in total. The minimum absolute atomic E-state index is 0.0351. The Morgan fingerprint density at radius 2 is 1.93 bits per heavy atom. The van der Waals surface area contributed by atoms with Crippen molar-refractivity contribution in [2.75, 3.05) is 13.1 Å². The first-order valence-corrected chi connectivity index (χ1v) is 5.79. The zero-order chi connectivity index (χ0) is 14.2.